The summed E-state index contributed by atoms with van der Waals surface area (Å²) in [6.07, 6.45) is -6.37. The van der Waals surface area contributed by atoms with Crippen LogP contribution < -0.4 is 4.74 Å². The Morgan fingerprint density at radius 1 is 1.20 bits per heavy atom. The number of carboxylic acids is 1. The number of hydrogen-bond donors (Lipinski definition) is 1. The maximum Gasteiger partial charge on any atom is 0.430 e. The molecule has 1 heterocycles. The molecule has 0 fully saturated rings. The number of carboxylic acid groups (broad SMARTS) is 1. The minimum Gasteiger partial charge on any atom is -0.478 e. The summed E-state index contributed by atoms with van der Waals surface area (Å²) >= 11 is 6.27. The fraction of sp³-hybridized carbons (Fsp3) is 0.167. The highest BCUT2D eigenvalue weighted by molar-refractivity contribution is 6.34. The first-order valence-electron chi connectivity index (χ1n) is 7.27. The highest BCUT2D eigenvalue weighted by atomic mass is 35.5. The van der Waals surface area contributed by atoms with E-state index in [1.807, 2.05) is 19.1 Å². The molecule has 1 aliphatic heterocycles. The quantitative estimate of drug-likeness (QED) is 0.801. The van der Waals surface area contributed by atoms with Gasteiger partial charge in [0.15, 0.2) is 0 Å². The molecule has 130 valence electrons. The summed E-state index contributed by atoms with van der Waals surface area (Å²) in [5.74, 6) is -1.75. The van der Waals surface area contributed by atoms with E-state index < -0.39 is 23.8 Å². The van der Waals surface area contributed by atoms with Crippen molar-refractivity contribution in [3.8, 4) is 16.9 Å². The Morgan fingerprint density at radius 3 is 2.48 bits per heavy atom. The Bertz CT molecular complexity index is 888. The number of halogens is 4. The molecule has 1 unspecified atom stereocenters. The van der Waals surface area contributed by atoms with Crippen LogP contribution in [-0.4, -0.2) is 23.4 Å². The average molecular weight is 369 g/mol. The lowest BCUT2D eigenvalue weighted by molar-refractivity contribution is -0.187. The molecule has 0 spiro atoms. The van der Waals surface area contributed by atoms with Crippen molar-refractivity contribution in [1.29, 1.82) is 0 Å². The summed E-state index contributed by atoms with van der Waals surface area (Å²) in [5.41, 5.74) is 1.33. The van der Waals surface area contributed by atoms with Crippen molar-refractivity contribution < 1.29 is 27.8 Å². The van der Waals surface area contributed by atoms with E-state index in [1.165, 1.54) is 12.1 Å². The Kier molecular flexibility index (Phi) is 4.24. The van der Waals surface area contributed by atoms with Crippen LogP contribution in [0, 0.1) is 6.92 Å². The molecule has 0 aromatic heterocycles. The first-order chi connectivity index (χ1) is 11.7. The van der Waals surface area contributed by atoms with Gasteiger partial charge in [0.05, 0.1) is 5.57 Å². The van der Waals surface area contributed by atoms with Crippen LogP contribution in [-0.2, 0) is 4.79 Å². The van der Waals surface area contributed by atoms with E-state index in [-0.39, 0.29) is 11.3 Å². The van der Waals surface area contributed by atoms with Crippen molar-refractivity contribution in [1.82, 2.24) is 0 Å². The zero-order valence-electron chi connectivity index (χ0n) is 12.9. The van der Waals surface area contributed by atoms with Gasteiger partial charge in [0.1, 0.15) is 5.75 Å². The van der Waals surface area contributed by atoms with Crippen LogP contribution in [0.15, 0.2) is 42.0 Å². The van der Waals surface area contributed by atoms with Gasteiger partial charge >= 0.3 is 12.1 Å². The van der Waals surface area contributed by atoms with E-state index in [0.29, 0.717) is 16.1 Å². The molecule has 0 saturated heterocycles. The summed E-state index contributed by atoms with van der Waals surface area (Å²) in [4.78, 5) is 11.3. The van der Waals surface area contributed by atoms with Crippen molar-refractivity contribution >= 4 is 23.6 Å². The molecule has 1 N–H and O–H groups in total. The number of alkyl halides is 3. The first kappa shape index (κ1) is 17.4. The number of ether oxygens (including phenoxy) is 1. The van der Waals surface area contributed by atoms with E-state index >= 15 is 0 Å². The van der Waals surface area contributed by atoms with Crippen LogP contribution >= 0.6 is 11.6 Å². The summed E-state index contributed by atoms with van der Waals surface area (Å²) in [5, 5.41) is 9.50. The maximum atomic E-state index is 13.2. The molecular formula is C18H12ClF3O3. The molecule has 0 saturated carbocycles. The predicted octanol–water partition coefficient (Wildman–Crippen LogP) is 5.11. The summed E-state index contributed by atoms with van der Waals surface area (Å²) < 4.78 is 44.5. The smallest absolute Gasteiger partial charge is 0.430 e. The third-order valence-corrected chi connectivity index (χ3v) is 4.26. The number of aryl methyl sites for hydroxylation is 1. The second kappa shape index (κ2) is 6.11. The Balaban J connectivity index is 2.28. The number of rotatable bonds is 2. The predicted molar refractivity (Wildman–Crippen MR) is 87.7 cm³/mol. The van der Waals surface area contributed by atoms with Crippen molar-refractivity contribution in [3.05, 3.63) is 58.1 Å². The van der Waals surface area contributed by atoms with Gasteiger partial charge in [-0.25, -0.2) is 4.79 Å². The monoisotopic (exact) mass is 368 g/mol. The molecule has 7 heteroatoms. The van der Waals surface area contributed by atoms with Crippen LogP contribution in [0.5, 0.6) is 5.75 Å². The van der Waals surface area contributed by atoms with Crippen molar-refractivity contribution in [3.63, 3.8) is 0 Å². The lowest BCUT2D eigenvalue weighted by Gasteiger charge is -2.28. The van der Waals surface area contributed by atoms with Gasteiger partial charge in [-0.3, -0.25) is 0 Å². The molecule has 0 radical (unpaired) electrons. The Labute approximate surface area is 146 Å². The summed E-state index contributed by atoms with van der Waals surface area (Å²) in [6, 6.07) is 9.93. The molecule has 0 amide bonds. The summed E-state index contributed by atoms with van der Waals surface area (Å²) in [7, 11) is 0. The van der Waals surface area contributed by atoms with Crippen LogP contribution in [0.25, 0.3) is 17.2 Å². The maximum absolute atomic E-state index is 13.2. The van der Waals surface area contributed by atoms with E-state index in [9.17, 15) is 23.1 Å². The first-order valence-corrected chi connectivity index (χ1v) is 7.64. The van der Waals surface area contributed by atoms with Gasteiger partial charge in [0.2, 0.25) is 6.10 Å². The number of fused-ring (bicyclic) bond motifs is 1. The van der Waals surface area contributed by atoms with Crippen molar-refractivity contribution in [2.75, 3.05) is 0 Å². The minimum absolute atomic E-state index is 0.0602. The van der Waals surface area contributed by atoms with Crippen LogP contribution in [0.3, 0.4) is 0 Å². The topological polar surface area (TPSA) is 46.5 Å². The number of hydrogen-bond acceptors (Lipinski definition) is 2. The van der Waals surface area contributed by atoms with Crippen molar-refractivity contribution in [2.45, 2.75) is 19.2 Å². The molecule has 2 aromatic carbocycles. The van der Waals surface area contributed by atoms with E-state index in [1.54, 1.807) is 12.1 Å². The van der Waals surface area contributed by atoms with E-state index in [4.69, 9.17) is 16.3 Å². The third kappa shape index (κ3) is 3.09. The molecule has 3 rings (SSSR count). The fourth-order valence-electron chi connectivity index (χ4n) is 2.79. The van der Waals surface area contributed by atoms with Gasteiger partial charge in [-0.05, 0) is 36.3 Å². The Hall–Kier alpha value is -2.47. The normalized spacial score (nSPS) is 16.7. The van der Waals surface area contributed by atoms with E-state index in [2.05, 4.69) is 0 Å². The van der Waals surface area contributed by atoms with Gasteiger partial charge in [0, 0.05) is 16.1 Å². The number of benzene rings is 2. The van der Waals surface area contributed by atoms with Crippen LogP contribution in [0.2, 0.25) is 5.02 Å². The van der Waals surface area contributed by atoms with Gasteiger partial charge in [-0.1, -0.05) is 35.9 Å². The standard InChI is InChI=1S/C18H12ClF3O3/c1-9-4-2-3-5-10(9)15-11-8-12(17(23)24)16(18(20,21)22)25-14(11)7-6-13(15)19/h2-8,16H,1H3,(H,23,24). The minimum atomic E-state index is -4.84. The molecule has 0 aliphatic carbocycles. The highest BCUT2D eigenvalue weighted by Crippen LogP contribution is 2.44. The van der Waals surface area contributed by atoms with Gasteiger partial charge in [0.25, 0.3) is 0 Å². The van der Waals surface area contributed by atoms with Gasteiger partial charge in [-0.15, -0.1) is 0 Å². The molecule has 0 bridgehead atoms. The SMILES string of the molecule is Cc1ccccc1-c1c(Cl)ccc2c1C=C(C(=O)O)C(C(F)(F)F)O2. The third-order valence-electron chi connectivity index (χ3n) is 3.94. The number of aliphatic carboxylic acids is 1. The van der Waals surface area contributed by atoms with E-state index in [0.717, 1.165) is 11.6 Å². The lowest BCUT2D eigenvalue weighted by Crippen LogP contribution is -2.40. The molecule has 1 aliphatic rings. The summed E-state index contributed by atoms with van der Waals surface area (Å²) in [6.45, 7) is 1.83. The van der Waals surface area contributed by atoms with Crippen LogP contribution in [0.4, 0.5) is 13.2 Å². The van der Waals surface area contributed by atoms with Crippen LogP contribution in [0.1, 0.15) is 11.1 Å². The van der Waals surface area contributed by atoms with Gasteiger partial charge < -0.3 is 9.84 Å². The molecular weight excluding hydrogens is 357 g/mol. The molecule has 25 heavy (non-hydrogen) atoms. The molecule has 3 nitrogen and oxygen atoms in total. The second-order valence-corrected chi connectivity index (χ2v) is 6.00. The lowest BCUT2D eigenvalue weighted by atomic mass is 9.91. The molecule has 2 aromatic rings. The average Bonchev–Trinajstić information content (AvgIpc) is 2.54. The molecule has 1 atom stereocenters. The zero-order valence-corrected chi connectivity index (χ0v) is 13.7. The number of carbonyl (C=O) groups is 1. The fourth-order valence-corrected chi connectivity index (χ4v) is 3.05. The largest absolute Gasteiger partial charge is 0.478 e. The van der Waals surface area contributed by atoms with Gasteiger partial charge in [-0.2, -0.15) is 13.2 Å². The zero-order chi connectivity index (χ0) is 18.4. The van der Waals surface area contributed by atoms with Crippen molar-refractivity contribution in [2.24, 2.45) is 0 Å². The Morgan fingerprint density at radius 2 is 1.88 bits per heavy atom. The second-order valence-electron chi connectivity index (χ2n) is 5.59. The highest BCUT2D eigenvalue weighted by Gasteiger charge is 2.48.